The Kier molecular flexibility index (Phi) is 6.36. The van der Waals surface area contributed by atoms with Gasteiger partial charge < -0.3 is 14.5 Å². The first-order chi connectivity index (χ1) is 16.0. The topological polar surface area (TPSA) is 62.7 Å². The van der Waals surface area contributed by atoms with E-state index in [0.29, 0.717) is 43.4 Å². The molecule has 3 heterocycles. The lowest BCUT2D eigenvalue weighted by atomic mass is 10.0. The van der Waals surface area contributed by atoms with Crippen LogP contribution in [0.4, 0.5) is 0 Å². The molecule has 2 aliphatic rings. The molecule has 2 aromatic carbocycles. The molecular formula is C25H23BrClN3O3. The van der Waals surface area contributed by atoms with Crippen molar-refractivity contribution < 1.29 is 14.3 Å². The number of piperazine rings is 1. The molecule has 0 saturated carbocycles. The van der Waals surface area contributed by atoms with Crippen molar-refractivity contribution in [3.05, 3.63) is 63.6 Å². The molecule has 0 bridgehead atoms. The third kappa shape index (κ3) is 4.63. The molecule has 0 spiro atoms. The molecule has 2 aliphatic heterocycles. The standard InChI is InChI=1S/C25H23BrClN3O3/c26-17-5-8-21-19(14-17)20(15-22(28-21)16-3-6-18(27)7-4-16)24(31)29-9-11-30(12-10-29)25(32)23-2-1-13-33-23/h3-8,14-15,23H,1-2,9-13H2. The lowest BCUT2D eigenvalue weighted by Gasteiger charge is -2.36. The summed E-state index contributed by atoms with van der Waals surface area (Å²) in [6, 6.07) is 15.0. The Morgan fingerprint density at radius 2 is 1.73 bits per heavy atom. The van der Waals surface area contributed by atoms with E-state index in [1.807, 2.05) is 58.3 Å². The van der Waals surface area contributed by atoms with Gasteiger partial charge in [0.2, 0.25) is 0 Å². The van der Waals surface area contributed by atoms with E-state index >= 15 is 0 Å². The second-order valence-electron chi connectivity index (χ2n) is 8.34. The third-order valence-electron chi connectivity index (χ3n) is 6.22. The number of ether oxygens (including phenoxy) is 1. The van der Waals surface area contributed by atoms with Gasteiger partial charge in [0, 0.05) is 53.2 Å². The van der Waals surface area contributed by atoms with Gasteiger partial charge in [-0.3, -0.25) is 9.59 Å². The molecule has 5 rings (SSSR count). The predicted molar refractivity (Wildman–Crippen MR) is 131 cm³/mol. The average molecular weight is 529 g/mol. The fraction of sp³-hybridized carbons (Fsp3) is 0.320. The minimum absolute atomic E-state index is 0.0444. The zero-order valence-corrected chi connectivity index (χ0v) is 20.3. The first kappa shape index (κ1) is 22.3. The lowest BCUT2D eigenvalue weighted by molar-refractivity contribution is -0.142. The number of benzene rings is 2. The second kappa shape index (κ2) is 9.41. The van der Waals surface area contributed by atoms with E-state index in [1.165, 1.54) is 0 Å². The summed E-state index contributed by atoms with van der Waals surface area (Å²) in [5.41, 5.74) is 2.97. The van der Waals surface area contributed by atoms with Crippen molar-refractivity contribution in [2.24, 2.45) is 0 Å². The maximum Gasteiger partial charge on any atom is 0.254 e. The van der Waals surface area contributed by atoms with E-state index in [0.717, 1.165) is 39.5 Å². The molecule has 2 saturated heterocycles. The molecule has 0 aliphatic carbocycles. The molecule has 2 fully saturated rings. The van der Waals surface area contributed by atoms with Crippen LogP contribution in [0.2, 0.25) is 5.02 Å². The predicted octanol–water partition coefficient (Wildman–Crippen LogP) is 4.78. The molecule has 3 aromatic rings. The molecule has 0 radical (unpaired) electrons. The molecule has 2 amide bonds. The van der Waals surface area contributed by atoms with Gasteiger partial charge in [0.1, 0.15) is 6.10 Å². The van der Waals surface area contributed by atoms with Crippen molar-refractivity contribution in [1.82, 2.24) is 14.8 Å². The van der Waals surface area contributed by atoms with Crippen LogP contribution < -0.4 is 0 Å². The highest BCUT2D eigenvalue weighted by Crippen LogP contribution is 2.29. The smallest absolute Gasteiger partial charge is 0.254 e. The quantitative estimate of drug-likeness (QED) is 0.491. The number of carbonyl (C=O) groups excluding carboxylic acids is 2. The Morgan fingerprint density at radius 3 is 2.42 bits per heavy atom. The molecule has 1 unspecified atom stereocenters. The Bertz CT molecular complexity index is 1200. The fourth-order valence-corrected chi connectivity index (χ4v) is 4.91. The summed E-state index contributed by atoms with van der Waals surface area (Å²) in [4.78, 5) is 34.7. The average Bonchev–Trinajstić information content (AvgIpc) is 3.38. The Morgan fingerprint density at radius 1 is 1.00 bits per heavy atom. The van der Waals surface area contributed by atoms with E-state index in [-0.39, 0.29) is 17.9 Å². The highest BCUT2D eigenvalue weighted by Gasteiger charge is 2.32. The fourth-order valence-electron chi connectivity index (χ4n) is 4.42. The van der Waals surface area contributed by atoms with E-state index in [9.17, 15) is 9.59 Å². The molecule has 1 atom stereocenters. The minimum atomic E-state index is -0.323. The van der Waals surface area contributed by atoms with Gasteiger partial charge >= 0.3 is 0 Å². The molecular weight excluding hydrogens is 506 g/mol. The van der Waals surface area contributed by atoms with Crippen LogP contribution in [0.15, 0.2) is 53.0 Å². The van der Waals surface area contributed by atoms with Gasteiger partial charge in [-0.05, 0) is 49.2 Å². The summed E-state index contributed by atoms with van der Waals surface area (Å²) in [7, 11) is 0. The van der Waals surface area contributed by atoms with Crippen molar-refractivity contribution in [3.8, 4) is 11.3 Å². The first-order valence-electron chi connectivity index (χ1n) is 11.1. The normalized spacial score (nSPS) is 18.7. The van der Waals surface area contributed by atoms with Crippen LogP contribution >= 0.6 is 27.5 Å². The number of rotatable bonds is 3. The van der Waals surface area contributed by atoms with E-state index in [1.54, 1.807) is 0 Å². The largest absolute Gasteiger partial charge is 0.368 e. The van der Waals surface area contributed by atoms with Crippen LogP contribution in [-0.4, -0.2) is 65.5 Å². The van der Waals surface area contributed by atoms with Crippen LogP contribution in [0, 0.1) is 0 Å². The van der Waals surface area contributed by atoms with Crippen LogP contribution in [-0.2, 0) is 9.53 Å². The molecule has 170 valence electrons. The van der Waals surface area contributed by atoms with Gasteiger partial charge in [-0.15, -0.1) is 0 Å². The second-order valence-corrected chi connectivity index (χ2v) is 9.69. The van der Waals surface area contributed by atoms with Crippen LogP contribution in [0.3, 0.4) is 0 Å². The van der Waals surface area contributed by atoms with Gasteiger partial charge in [-0.1, -0.05) is 39.7 Å². The Balaban J connectivity index is 1.42. The highest BCUT2D eigenvalue weighted by molar-refractivity contribution is 9.10. The summed E-state index contributed by atoms with van der Waals surface area (Å²) < 4.78 is 6.43. The van der Waals surface area contributed by atoms with Gasteiger partial charge in [0.25, 0.3) is 11.8 Å². The number of amides is 2. The number of aromatic nitrogens is 1. The van der Waals surface area contributed by atoms with Gasteiger partial charge in [-0.25, -0.2) is 4.98 Å². The number of fused-ring (bicyclic) bond motifs is 1. The van der Waals surface area contributed by atoms with Crippen molar-refractivity contribution in [1.29, 1.82) is 0 Å². The number of halogens is 2. The molecule has 1 aromatic heterocycles. The highest BCUT2D eigenvalue weighted by atomic mass is 79.9. The third-order valence-corrected chi connectivity index (χ3v) is 6.97. The zero-order valence-electron chi connectivity index (χ0n) is 18.0. The molecule has 8 heteroatoms. The van der Waals surface area contributed by atoms with Crippen LogP contribution in [0.5, 0.6) is 0 Å². The number of hydrogen-bond donors (Lipinski definition) is 0. The van der Waals surface area contributed by atoms with E-state index in [2.05, 4.69) is 15.9 Å². The van der Waals surface area contributed by atoms with Crippen molar-refractivity contribution in [2.45, 2.75) is 18.9 Å². The van der Waals surface area contributed by atoms with Gasteiger partial charge in [0.05, 0.1) is 16.8 Å². The number of pyridine rings is 1. The number of carbonyl (C=O) groups is 2. The maximum atomic E-state index is 13.6. The Hall–Kier alpha value is -2.48. The van der Waals surface area contributed by atoms with Crippen molar-refractivity contribution in [3.63, 3.8) is 0 Å². The van der Waals surface area contributed by atoms with Gasteiger partial charge in [-0.2, -0.15) is 0 Å². The molecule has 0 N–H and O–H groups in total. The summed E-state index contributed by atoms with van der Waals surface area (Å²) in [5, 5.41) is 1.44. The maximum absolute atomic E-state index is 13.6. The van der Waals surface area contributed by atoms with E-state index < -0.39 is 0 Å². The molecule has 6 nitrogen and oxygen atoms in total. The number of nitrogens with zero attached hydrogens (tertiary/aromatic N) is 3. The van der Waals surface area contributed by atoms with Crippen LogP contribution in [0.1, 0.15) is 23.2 Å². The summed E-state index contributed by atoms with van der Waals surface area (Å²) in [6.07, 6.45) is 1.38. The summed E-state index contributed by atoms with van der Waals surface area (Å²) >= 11 is 9.56. The molecule has 33 heavy (non-hydrogen) atoms. The van der Waals surface area contributed by atoms with Crippen LogP contribution in [0.25, 0.3) is 22.2 Å². The summed E-state index contributed by atoms with van der Waals surface area (Å²) in [5.74, 6) is -0.0113. The first-order valence-corrected chi connectivity index (χ1v) is 12.2. The number of hydrogen-bond acceptors (Lipinski definition) is 4. The Labute approximate surface area is 205 Å². The van der Waals surface area contributed by atoms with Crippen molar-refractivity contribution >= 4 is 50.2 Å². The van der Waals surface area contributed by atoms with Gasteiger partial charge in [0.15, 0.2) is 0 Å². The SMILES string of the molecule is O=C(c1cc(-c2ccc(Cl)cc2)nc2ccc(Br)cc12)N1CCN(C(=O)C2CCCO2)CC1. The summed E-state index contributed by atoms with van der Waals surface area (Å²) in [6.45, 7) is 2.66. The zero-order chi connectivity index (χ0) is 22.9. The van der Waals surface area contributed by atoms with Crippen molar-refractivity contribution in [2.75, 3.05) is 32.8 Å². The van der Waals surface area contributed by atoms with E-state index in [4.69, 9.17) is 21.3 Å². The minimum Gasteiger partial charge on any atom is -0.368 e. The lowest BCUT2D eigenvalue weighted by Crippen LogP contribution is -2.52. The monoisotopic (exact) mass is 527 g/mol.